The first-order valence-electron chi connectivity index (χ1n) is 10.9. The number of nitriles is 1. The van der Waals surface area contributed by atoms with Crippen LogP contribution in [0.25, 0.3) is 0 Å². The number of nitrogens with zero attached hydrogens (tertiary/aromatic N) is 3. The quantitative estimate of drug-likeness (QED) is 0.614. The number of carbonyl (C=O) groups excluding carboxylic acids is 1. The Hall–Kier alpha value is -3.62. The van der Waals surface area contributed by atoms with Crippen LogP contribution in [0.4, 0.5) is 16.2 Å². The van der Waals surface area contributed by atoms with E-state index in [-0.39, 0.29) is 6.03 Å². The zero-order valence-corrected chi connectivity index (χ0v) is 18.2. The minimum Gasteiger partial charge on any atom is -0.364 e. The summed E-state index contributed by atoms with van der Waals surface area (Å²) < 4.78 is 0. The number of urea groups is 1. The number of rotatable bonds is 3. The van der Waals surface area contributed by atoms with Gasteiger partial charge in [-0.2, -0.15) is 5.26 Å². The highest BCUT2D eigenvalue weighted by Crippen LogP contribution is 2.59. The molecule has 1 spiro atoms. The second-order valence-electron chi connectivity index (χ2n) is 8.87. The molecular weight excluding hydrogens is 398 g/mol. The predicted octanol–water partition coefficient (Wildman–Crippen LogP) is 5.39. The molecule has 5 heteroatoms. The van der Waals surface area contributed by atoms with Gasteiger partial charge in [-0.15, -0.1) is 0 Å². The molecule has 1 atom stereocenters. The van der Waals surface area contributed by atoms with Crippen LogP contribution in [-0.2, 0) is 5.72 Å². The predicted molar refractivity (Wildman–Crippen MR) is 124 cm³/mol. The molecule has 3 aromatic carbocycles. The Morgan fingerprint density at radius 2 is 1.50 bits per heavy atom. The molecule has 1 unspecified atom stereocenters. The second-order valence-corrected chi connectivity index (χ2v) is 8.87. The molecule has 0 radical (unpaired) electrons. The van der Waals surface area contributed by atoms with Gasteiger partial charge in [0.15, 0.2) is 5.72 Å². The van der Waals surface area contributed by atoms with E-state index in [1.54, 1.807) is 34.1 Å². The number of aliphatic hydroxyl groups is 1. The molecule has 0 aromatic heterocycles. The molecule has 5 nitrogen and oxygen atoms in total. The number of anilines is 2. The van der Waals surface area contributed by atoms with Crippen molar-refractivity contribution >= 4 is 17.4 Å². The topological polar surface area (TPSA) is 67.6 Å². The van der Waals surface area contributed by atoms with E-state index in [9.17, 15) is 15.2 Å². The van der Waals surface area contributed by atoms with Crippen molar-refractivity contribution in [3.05, 3.63) is 95.1 Å². The summed E-state index contributed by atoms with van der Waals surface area (Å²) in [5, 5.41) is 21.8. The van der Waals surface area contributed by atoms with Gasteiger partial charge in [-0.25, -0.2) is 4.79 Å². The number of carbonyl (C=O) groups is 1. The maximum absolute atomic E-state index is 14.1. The molecule has 2 amide bonds. The lowest BCUT2D eigenvalue weighted by Gasteiger charge is -2.52. The molecule has 1 aliphatic carbocycles. The lowest BCUT2D eigenvalue weighted by atomic mass is 9.66. The van der Waals surface area contributed by atoms with E-state index >= 15 is 0 Å². The van der Waals surface area contributed by atoms with Crippen molar-refractivity contribution in [1.82, 2.24) is 0 Å². The van der Waals surface area contributed by atoms with Crippen LogP contribution in [0.5, 0.6) is 0 Å². The zero-order valence-electron chi connectivity index (χ0n) is 18.2. The van der Waals surface area contributed by atoms with Crippen LogP contribution in [0.1, 0.15) is 41.5 Å². The fourth-order valence-corrected chi connectivity index (χ4v) is 5.16. The van der Waals surface area contributed by atoms with E-state index in [0.717, 1.165) is 17.5 Å². The first-order chi connectivity index (χ1) is 15.4. The third kappa shape index (κ3) is 2.70. The number of amides is 2. The van der Waals surface area contributed by atoms with Gasteiger partial charge >= 0.3 is 6.03 Å². The smallest absolute Gasteiger partial charge is 0.332 e. The zero-order chi connectivity index (χ0) is 22.5. The third-order valence-corrected chi connectivity index (χ3v) is 6.93. The van der Waals surface area contributed by atoms with E-state index < -0.39 is 11.3 Å². The van der Waals surface area contributed by atoms with E-state index in [1.165, 1.54) is 0 Å². The molecule has 160 valence electrons. The Labute approximate surface area is 188 Å². The molecule has 1 saturated carbocycles. The van der Waals surface area contributed by atoms with E-state index in [4.69, 9.17) is 0 Å². The lowest BCUT2D eigenvalue weighted by molar-refractivity contribution is -0.0525. The molecule has 1 N–H and O–H groups in total. The van der Waals surface area contributed by atoms with Crippen LogP contribution in [0.3, 0.4) is 0 Å². The highest BCUT2D eigenvalue weighted by atomic mass is 16.3. The van der Waals surface area contributed by atoms with Crippen LogP contribution in [0.15, 0.2) is 72.8 Å². The van der Waals surface area contributed by atoms with Gasteiger partial charge in [0, 0.05) is 16.9 Å². The van der Waals surface area contributed by atoms with Crippen LogP contribution < -0.4 is 9.80 Å². The minimum atomic E-state index is -1.53. The average Bonchev–Trinajstić information content (AvgIpc) is 2.99. The van der Waals surface area contributed by atoms with Crippen LogP contribution >= 0.6 is 0 Å². The number of hydrogen-bond acceptors (Lipinski definition) is 3. The van der Waals surface area contributed by atoms with Crippen molar-refractivity contribution in [1.29, 1.82) is 5.26 Å². The summed E-state index contributed by atoms with van der Waals surface area (Å²) in [6.07, 6.45) is 2.30. The van der Waals surface area contributed by atoms with Gasteiger partial charge < -0.3 is 5.11 Å². The van der Waals surface area contributed by atoms with Crippen LogP contribution in [-0.4, -0.2) is 16.7 Å². The Balaban J connectivity index is 1.75. The van der Waals surface area contributed by atoms with Crippen molar-refractivity contribution < 1.29 is 9.90 Å². The molecule has 2 aliphatic rings. The molecule has 0 bridgehead atoms. The summed E-state index contributed by atoms with van der Waals surface area (Å²) in [7, 11) is 0. The summed E-state index contributed by atoms with van der Waals surface area (Å²) in [6, 6.07) is 24.4. The minimum absolute atomic E-state index is 0.262. The fraction of sp³-hybridized carbons (Fsp3) is 0.259. The van der Waals surface area contributed by atoms with Crippen LogP contribution in [0, 0.1) is 25.2 Å². The van der Waals surface area contributed by atoms with E-state index in [1.807, 2.05) is 62.4 Å². The van der Waals surface area contributed by atoms with Gasteiger partial charge in [0.25, 0.3) is 0 Å². The third-order valence-electron chi connectivity index (χ3n) is 6.93. The van der Waals surface area contributed by atoms with Crippen molar-refractivity contribution in [2.24, 2.45) is 0 Å². The summed E-state index contributed by atoms with van der Waals surface area (Å²) in [6.45, 7) is 3.99. The van der Waals surface area contributed by atoms with Gasteiger partial charge in [0.1, 0.15) is 5.54 Å². The van der Waals surface area contributed by atoms with Crippen molar-refractivity contribution in [3.8, 4) is 6.07 Å². The van der Waals surface area contributed by atoms with Gasteiger partial charge in [-0.1, -0.05) is 47.5 Å². The van der Waals surface area contributed by atoms with Gasteiger partial charge in [0.2, 0.25) is 0 Å². The van der Waals surface area contributed by atoms with E-state index in [2.05, 4.69) is 6.07 Å². The Kier molecular flexibility index (Phi) is 4.58. The molecular formula is C27H25N3O2. The first kappa shape index (κ1) is 20.3. The maximum Gasteiger partial charge on any atom is 0.332 e. The van der Waals surface area contributed by atoms with Gasteiger partial charge in [-0.05, 0) is 69.5 Å². The van der Waals surface area contributed by atoms with Crippen molar-refractivity contribution in [2.75, 3.05) is 9.80 Å². The molecule has 3 aromatic rings. The average molecular weight is 424 g/mol. The number of hydrogen-bond donors (Lipinski definition) is 1. The first-order valence-corrected chi connectivity index (χ1v) is 10.9. The second kappa shape index (κ2) is 7.22. The SMILES string of the molecule is Cc1ccc(N2C(=O)N(c3ccc(C#N)cc3)C3(CCC3)C2(O)c2cccc(C)c2)cc1. The number of aryl methyl sites for hydroxylation is 2. The largest absolute Gasteiger partial charge is 0.364 e. The van der Waals surface area contributed by atoms with Gasteiger partial charge in [-0.3, -0.25) is 9.80 Å². The van der Waals surface area contributed by atoms with Gasteiger partial charge in [0.05, 0.1) is 11.6 Å². The Morgan fingerprint density at radius 1 is 0.875 bits per heavy atom. The Morgan fingerprint density at radius 3 is 2.06 bits per heavy atom. The van der Waals surface area contributed by atoms with Crippen LogP contribution in [0.2, 0.25) is 0 Å². The Bertz CT molecular complexity index is 1220. The maximum atomic E-state index is 14.1. The highest BCUT2D eigenvalue weighted by Gasteiger charge is 2.70. The summed E-state index contributed by atoms with van der Waals surface area (Å²) in [5.74, 6) is 0. The van der Waals surface area contributed by atoms with Crippen molar-refractivity contribution in [2.45, 2.75) is 44.4 Å². The molecule has 1 aliphatic heterocycles. The van der Waals surface area contributed by atoms with E-state index in [0.29, 0.717) is 35.3 Å². The summed E-state index contributed by atoms with van der Waals surface area (Å²) >= 11 is 0. The molecule has 1 saturated heterocycles. The monoisotopic (exact) mass is 423 g/mol. The summed E-state index contributed by atoms with van der Waals surface area (Å²) in [4.78, 5) is 17.4. The molecule has 2 fully saturated rings. The summed E-state index contributed by atoms with van der Waals surface area (Å²) in [5.41, 5.74) is 2.38. The molecule has 32 heavy (non-hydrogen) atoms. The molecule has 5 rings (SSSR count). The highest BCUT2D eigenvalue weighted by molar-refractivity contribution is 6.09. The lowest BCUT2D eigenvalue weighted by Crippen LogP contribution is -2.63. The van der Waals surface area contributed by atoms with Crippen molar-refractivity contribution in [3.63, 3.8) is 0 Å². The number of benzene rings is 3. The standard InChI is InChI=1S/C27H25N3O2/c1-19-7-11-24(12-8-19)30-25(31)29(23-13-9-21(18-28)10-14-23)26(15-4-16-26)27(30,32)22-6-3-5-20(2)17-22/h3,5-14,17,32H,4,15-16H2,1-2H3. The normalized spacial score (nSPS) is 21.5. The molecule has 1 heterocycles. The fourth-order valence-electron chi connectivity index (χ4n) is 5.16.